The maximum atomic E-state index is 5.94. The topological polar surface area (TPSA) is 0 Å². The standard InChI is InChI=1S/C15H14Cl2/c1-10-9-14(15(16)17)11(2)8-13(10)12-6-4-3-5-7-12/h3-9,15H,1-2H3. The van der Waals surface area contributed by atoms with Crippen molar-refractivity contribution >= 4 is 23.2 Å². The van der Waals surface area contributed by atoms with E-state index in [9.17, 15) is 0 Å². The van der Waals surface area contributed by atoms with Gasteiger partial charge in [0, 0.05) is 0 Å². The molecule has 88 valence electrons. The molecule has 0 aromatic heterocycles. The number of aryl methyl sites for hydroxylation is 2. The SMILES string of the molecule is Cc1cc(C(Cl)Cl)c(C)cc1-c1ccccc1. The van der Waals surface area contributed by atoms with Gasteiger partial charge < -0.3 is 0 Å². The first kappa shape index (κ1) is 12.5. The van der Waals surface area contributed by atoms with E-state index < -0.39 is 4.84 Å². The molecule has 17 heavy (non-hydrogen) atoms. The van der Waals surface area contributed by atoms with Crippen molar-refractivity contribution in [1.82, 2.24) is 0 Å². The van der Waals surface area contributed by atoms with Gasteiger partial charge in [-0.2, -0.15) is 0 Å². The zero-order valence-electron chi connectivity index (χ0n) is 9.87. The van der Waals surface area contributed by atoms with Crippen LogP contribution in [0.25, 0.3) is 11.1 Å². The molecule has 0 aliphatic heterocycles. The van der Waals surface area contributed by atoms with Crippen LogP contribution in [0.1, 0.15) is 21.5 Å². The van der Waals surface area contributed by atoms with Gasteiger partial charge in [0.1, 0.15) is 4.84 Å². The van der Waals surface area contributed by atoms with Gasteiger partial charge in [0.2, 0.25) is 0 Å². The van der Waals surface area contributed by atoms with Gasteiger partial charge in [-0.25, -0.2) is 0 Å². The fraction of sp³-hybridized carbons (Fsp3) is 0.200. The molecule has 0 fully saturated rings. The monoisotopic (exact) mass is 264 g/mol. The Morgan fingerprint density at radius 1 is 0.882 bits per heavy atom. The molecule has 0 spiro atoms. The van der Waals surface area contributed by atoms with E-state index in [1.54, 1.807) is 0 Å². The van der Waals surface area contributed by atoms with Crippen LogP contribution in [0.15, 0.2) is 42.5 Å². The summed E-state index contributed by atoms with van der Waals surface area (Å²) in [6.45, 7) is 4.13. The van der Waals surface area contributed by atoms with Crippen molar-refractivity contribution in [3.63, 3.8) is 0 Å². The van der Waals surface area contributed by atoms with Crippen molar-refractivity contribution in [1.29, 1.82) is 0 Å². The molecule has 2 heteroatoms. The Morgan fingerprint density at radius 3 is 2.12 bits per heavy atom. The summed E-state index contributed by atoms with van der Waals surface area (Å²) in [5.74, 6) is 0. The Hall–Kier alpha value is -0.980. The number of hydrogen-bond acceptors (Lipinski definition) is 0. The second-order valence-electron chi connectivity index (χ2n) is 4.19. The van der Waals surface area contributed by atoms with Gasteiger partial charge in [-0.05, 0) is 41.7 Å². The minimum atomic E-state index is -0.460. The highest BCUT2D eigenvalue weighted by Gasteiger charge is 2.10. The fourth-order valence-corrected chi connectivity index (χ4v) is 2.47. The van der Waals surface area contributed by atoms with Crippen LogP contribution in [0.3, 0.4) is 0 Å². The Bertz CT molecular complexity index is 516. The van der Waals surface area contributed by atoms with Crippen molar-refractivity contribution in [3.05, 3.63) is 59.2 Å². The van der Waals surface area contributed by atoms with Gasteiger partial charge in [-0.1, -0.05) is 42.5 Å². The average Bonchev–Trinajstić information content (AvgIpc) is 2.32. The second kappa shape index (κ2) is 5.12. The van der Waals surface area contributed by atoms with E-state index in [1.165, 1.54) is 16.7 Å². The molecule has 0 aliphatic carbocycles. The largest absolute Gasteiger partial charge is 0.133 e. The van der Waals surface area contributed by atoms with Crippen LogP contribution in [0.5, 0.6) is 0 Å². The maximum absolute atomic E-state index is 5.94. The molecule has 0 nitrogen and oxygen atoms in total. The summed E-state index contributed by atoms with van der Waals surface area (Å²) in [6.07, 6.45) is 0. The van der Waals surface area contributed by atoms with Crippen molar-refractivity contribution < 1.29 is 0 Å². The van der Waals surface area contributed by atoms with E-state index in [2.05, 4.69) is 31.2 Å². The number of halogens is 2. The van der Waals surface area contributed by atoms with Crippen molar-refractivity contribution in [2.24, 2.45) is 0 Å². The first-order valence-electron chi connectivity index (χ1n) is 5.54. The van der Waals surface area contributed by atoms with Gasteiger partial charge in [0.25, 0.3) is 0 Å². The third-order valence-electron chi connectivity index (χ3n) is 2.93. The number of alkyl halides is 2. The summed E-state index contributed by atoms with van der Waals surface area (Å²) < 4.78 is 0. The molecule has 2 rings (SSSR count). The first-order chi connectivity index (χ1) is 8.09. The van der Waals surface area contributed by atoms with Gasteiger partial charge in [0.05, 0.1) is 0 Å². The van der Waals surface area contributed by atoms with Crippen LogP contribution in [0, 0.1) is 13.8 Å². The smallest absolute Gasteiger partial charge is 0.100 e. The van der Waals surface area contributed by atoms with Gasteiger partial charge in [-0.3, -0.25) is 0 Å². The molecular formula is C15H14Cl2. The molecule has 0 N–H and O–H groups in total. The van der Waals surface area contributed by atoms with E-state index in [-0.39, 0.29) is 0 Å². The lowest BCUT2D eigenvalue weighted by Crippen LogP contribution is -1.92. The predicted molar refractivity (Wildman–Crippen MR) is 75.8 cm³/mol. The molecule has 0 atom stereocenters. The molecule has 0 saturated heterocycles. The van der Waals surface area contributed by atoms with E-state index in [0.717, 1.165) is 11.1 Å². The third kappa shape index (κ3) is 2.65. The Balaban J connectivity index is 2.55. The van der Waals surface area contributed by atoms with E-state index in [4.69, 9.17) is 23.2 Å². The van der Waals surface area contributed by atoms with Crippen molar-refractivity contribution in [2.45, 2.75) is 18.7 Å². The Morgan fingerprint density at radius 2 is 1.53 bits per heavy atom. The minimum absolute atomic E-state index is 0.460. The van der Waals surface area contributed by atoms with Crippen LogP contribution in [0.2, 0.25) is 0 Å². The number of hydrogen-bond donors (Lipinski definition) is 0. The lowest BCUT2D eigenvalue weighted by Gasteiger charge is -2.13. The number of rotatable bonds is 2. The molecule has 0 heterocycles. The molecule has 0 saturated carbocycles. The Kier molecular flexibility index (Phi) is 3.76. The highest BCUT2D eigenvalue weighted by molar-refractivity contribution is 6.44. The quantitative estimate of drug-likeness (QED) is 0.633. The van der Waals surface area contributed by atoms with Gasteiger partial charge in [0.15, 0.2) is 0 Å². The molecule has 2 aromatic carbocycles. The lowest BCUT2D eigenvalue weighted by atomic mass is 9.95. The molecule has 2 aromatic rings. The molecule has 0 radical (unpaired) electrons. The summed E-state index contributed by atoms with van der Waals surface area (Å²) in [5, 5.41) is 0. The van der Waals surface area contributed by atoms with E-state index in [1.807, 2.05) is 25.1 Å². The third-order valence-corrected chi connectivity index (χ3v) is 3.40. The molecule has 0 aliphatic rings. The molecule has 0 bridgehead atoms. The van der Waals surface area contributed by atoms with Crippen LogP contribution < -0.4 is 0 Å². The van der Waals surface area contributed by atoms with Crippen molar-refractivity contribution in [3.8, 4) is 11.1 Å². The molecule has 0 amide bonds. The normalized spacial score (nSPS) is 10.9. The van der Waals surface area contributed by atoms with Crippen LogP contribution in [-0.2, 0) is 0 Å². The summed E-state index contributed by atoms with van der Waals surface area (Å²) in [5.41, 5.74) is 5.78. The molecular weight excluding hydrogens is 251 g/mol. The van der Waals surface area contributed by atoms with Crippen LogP contribution >= 0.6 is 23.2 Å². The van der Waals surface area contributed by atoms with E-state index >= 15 is 0 Å². The van der Waals surface area contributed by atoms with Crippen LogP contribution in [0.4, 0.5) is 0 Å². The van der Waals surface area contributed by atoms with Gasteiger partial charge >= 0.3 is 0 Å². The van der Waals surface area contributed by atoms with Gasteiger partial charge in [-0.15, -0.1) is 23.2 Å². The lowest BCUT2D eigenvalue weighted by molar-refractivity contribution is 1.24. The Labute approximate surface area is 112 Å². The second-order valence-corrected chi connectivity index (χ2v) is 5.29. The summed E-state index contributed by atoms with van der Waals surface area (Å²) in [7, 11) is 0. The molecule has 0 unspecified atom stereocenters. The van der Waals surface area contributed by atoms with Crippen molar-refractivity contribution in [2.75, 3.05) is 0 Å². The highest BCUT2D eigenvalue weighted by atomic mass is 35.5. The maximum Gasteiger partial charge on any atom is 0.133 e. The number of benzene rings is 2. The highest BCUT2D eigenvalue weighted by Crippen LogP contribution is 2.33. The summed E-state index contributed by atoms with van der Waals surface area (Å²) >= 11 is 11.9. The van der Waals surface area contributed by atoms with E-state index in [0.29, 0.717) is 0 Å². The van der Waals surface area contributed by atoms with Crippen LogP contribution in [-0.4, -0.2) is 0 Å². The first-order valence-corrected chi connectivity index (χ1v) is 6.41. The average molecular weight is 265 g/mol. The summed E-state index contributed by atoms with van der Waals surface area (Å²) in [4.78, 5) is -0.460. The zero-order chi connectivity index (χ0) is 12.4. The summed E-state index contributed by atoms with van der Waals surface area (Å²) in [6, 6.07) is 14.6. The fourth-order valence-electron chi connectivity index (χ4n) is 2.00. The zero-order valence-corrected chi connectivity index (χ0v) is 11.4. The minimum Gasteiger partial charge on any atom is -0.100 e. The predicted octanol–water partition coefficient (Wildman–Crippen LogP) is 5.45.